The van der Waals surface area contributed by atoms with Gasteiger partial charge in [0.15, 0.2) is 0 Å². The number of ether oxygens (including phenoxy) is 1. The summed E-state index contributed by atoms with van der Waals surface area (Å²) in [5.41, 5.74) is 6.02. The molecule has 0 aliphatic rings. The van der Waals surface area contributed by atoms with Gasteiger partial charge in [-0.25, -0.2) is 0 Å². The van der Waals surface area contributed by atoms with Crippen molar-refractivity contribution in [3.8, 4) is 0 Å². The van der Waals surface area contributed by atoms with E-state index < -0.39 is 18.7 Å². The highest BCUT2D eigenvalue weighted by Gasteiger charge is 2.27. The molecule has 0 bridgehead atoms. The fourth-order valence-corrected chi connectivity index (χ4v) is 1.24. The van der Waals surface area contributed by atoms with Gasteiger partial charge in [0, 0.05) is 17.8 Å². The molecule has 0 spiro atoms. The van der Waals surface area contributed by atoms with Crippen LogP contribution in [0.4, 0.5) is 18.9 Å². The number of alkyl halides is 3. The van der Waals surface area contributed by atoms with Crippen LogP contribution in [0.1, 0.15) is 10.4 Å². The van der Waals surface area contributed by atoms with Crippen LogP contribution in [0.5, 0.6) is 0 Å². The van der Waals surface area contributed by atoms with Crippen LogP contribution >= 0.6 is 0 Å². The topological polar surface area (TPSA) is 64.4 Å². The number of rotatable bonds is 6. The van der Waals surface area contributed by atoms with Gasteiger partial charge in [0.05, 0.1) is 6.61 Å². The zero-order chi connectivity index (χ0) is 13.6. The lowest BCUT2D eigenvalue weighted by Gasteiger charge is -2.09. The predicted octanol–water partition coefficient (Wildman–Crippen LogP) is 1.78. The molecule has 0 aliphatic carbocycles. The first-order valence-corrected chi connectivity index (χ1v) is 5.17. The fourth-order valence-electron chi connectivity index (χ4n) is 1.24. The standard InChI is InChI=1S/C11H13F3N2O2/c12-11(13,14)7-18-5-4-16-9-3-1-2-8(6-9)10(15)17/h1-3,6,16H,4-5,7H2,(H2,15,17). The summed E-state index contributed by atoms with van der Waals surface area (Å²) in [6.45, 7) is -1.14. The van der Waals surface area contributed by atoms with Crippen LogP contribution in [0.25, 0.3) is 0 Å². The second-order valence-corrected chi connectivity index (χ2v) is 3.54. The third-order valence-electron chi connectivity index (χ3n) is 1.99. The maximum Gasteiger partial charge on any atom is 0.411 e. The van der Waals surface area contributed by atoms with Crippen molar-refractivity contribution in [3.63, 3.8) is 0 Å². The van der Waals surface area contributed by atoms with Crippen LogP contribution in [0.2, 0.25) is 0 Å². The van der Waals surface area contributed by atoms with E-state index in [0.717, 1.165) is 0 Å². The Morgan fingerprint density at radius 1 is 1.39 bits per heavy atom. The van der Waals surface area contributed by atoms with Gasteiger partial charge in [0.2, 0.25) is 5.91 Å². The summed E-state index contributed by atoms with van der Waals surface area (Å²) in [7, 11) is 0. The summed E-state index contributed by atoms with van der Waals surface area (Å²) in [6, 6.07) is 6.37. The van der Waals surface area contributed by atoms with Crippen molar-refractivity contribution in [1.82, 2.24) is 0 Å². The smallest absolute Gasteiger partial charge is 0.383 e. The van der Waals surface area contributed by atoms with Crippen molar-refractivity contribution in [2.75, 3.05) is 25.1 Å². The number of amides is 1. The number of hydrogen-bond acceptors (Lipinski definition) is 3. The van der Waals surface area contributed by atoms with Crippen molar-refractivity contribution < 1.29 is 22.7 Å². The third-order valence-corrected chi connectivity index (χ3v) is 1.99. The first-order valence-electron chi connectivity index (χ1n) is 5.17. The summed E-state index contributed by atoms with van der Waals surface area (Å²) in [5, 5.41) is 2.83. The predicted molar refractivity (Wildman–Crippen MR) is 60.3 cm³/mol. The maximum atomic E-state index is 11.8. The summed E-state index contributed by atoms with van der Waals surface area (Å²) >= 11 is 0. The Morgan fingerprint density at radius 3 is 2.72 bits per heavy atom. The lowest BCUT2D eigenvalue weighted by atomic mass is 10.2. The van der Waals surface area contributed by atoms with E-state index in [0.29, 0.717) is 11.3 Å². The minimum absolute atomic E-state index is 0.0830. The molecule has 0 unspecified atom stereocenters. The number of halogens is 3. The third kappa shape index (κ3) is 5.53. The molecule has 1 amide bonds. The molecule has 1 rings (SSSR count). The van der Waals surface area contributed by atoms with Crippen LogP contribution in [0.3, 0.4) is 0 Å². The molecule has 7 heteroatoms. The Morgan fingerprint density at radius 2 is 2.11 bits per heavy atom. The highest BCUT2D eigenvalue weighted by molar-refractivity contribution is 5.93. The van der Waals surface area contributed by atoms with Crippen molar-refractivity contribution in [3.05, 3.63) is 29.8 Å². The molecule has 0 saturated carbocycles. The lowest BCUT2D eigenvalue weighted by molar-refractivity contribution is -0.172. The Hall–Kier alpha value is -1.76. The molecule has 0 saturated heterocycles. The summed E-state index contributed by atoms with van der Waals surface area (Å²) in [5.74, 6) is -0.563. The van der Waals surface area contributed by atoms with Crippen LogP contribution in [-0.2, 0) is 4.74 Å². The average Bonchev–Trinajstić information content (AvgIpc) is 2.27. The lowest BCUT2D eigenvalue weighted by Crippen LogP contribution is -2.20. The maximum absolute atomic E-state index is 11.8. The number of benzene rings is 1. The SMILES string of the molecule is NC(=O)c1cccc(NCCOCC(F)(F)F)c1. The van der Waals surface area contributed by atoms with Gasteiger partial charge < -0.3 is 15.8 Å². The highest BCUT2D eigenvalue weighted by Crippen LogP contribution is 2.14. The molecule has 100 valence electrons. The number of nitrogens with one attached hydrogen (secondary N) is 1. The van der Waals surface area contributed by atoms with E-state index in [1.807, 2.05) is 0 Å². The van der Waals surface area contributed by atoms with Gasteiger partial charge in [-0.1, -0.05) is 6.07 Å². The van der Waals surface area contributed by atoms with Crippen molar-refractivity contribution in [1.29, 1.82) is 0 Å². The molecular formula is C11H13F3N2O2. The van der Waals surface area contributed by atoms with Crippen LogP contribution in [0, 0.1) is 0 Å². The summed E-state index contributed by atoms with van der Waals surface area (Å²) < 4.78 is 39.7. The molecule has 3 N–H and O–H groups in total. The molecule has 0 radical (unpaired) electrons. The van der Waals surface area contributed by atoms with E-state index in [9.17, 15) is 18.0 Å². The second-order valence-electron chi connectivity index (χ2n) is 3.54. The largest absolute Gasteiger partial charge is 0.411 e. The molecule has 4 nitrogen and oxygen atoms in total. The monoisotopic (exact) mass is 262 g/mol. The van der Waals surface area contributed by atoms with Crippen LogP contribution < -0.4 is 11.1 Å². The first-order chi connectivity index (χ1) is 8.38. The number of hydrogen-bond donors (Lipinski definition) is 2. The van der Waals surface area contributed by atoms with Crippen molar-refractivity contribution in [2.45, 2.75) is 6.18 Å². The van der Waals surface area contributed by atoms with Gasteiger partial charge in [-0.2, -0.15) is 13.2 Å². The van der Waals surface area contributed by atoms with Gasteiger partial charge >= 0.3 is 6.18 Å². The minimum atomic E-state index is -4.31. The normalized spacial score (nSPS) is 11.3. The minimum Gasteiger partial charge on any atom is -0.383 e. The highest BCUT2D eigenvalue weighted by atomic mass is 19.4. The van der Waals surface area contributed by atoms with E-state index in [1.165, 1.54) is 6.07 Å². The van der Waals surface area contributed by atoms with Crippen molar-refractivity contribution >= 4 is 11.6 Å². The molecule has 0 aliphatic heterocycles. The van der Waals surface area contributed by atoms with Crippen LogP contribution in [-0.4, -0.2) is 31.8 Å². The van der Waals surface area contributed by atoms with E-state index in [-0.39, 0.29) is 13.2 Å². The number of carbonyl (C=O) groups is 1. The summed E-state index contributed by atoms with van der Waals surface area (Å²) in [6.07, 6.45) is -4.31. The average molecular weight is 262 g/mol. The Labute approximate surface area is 102 Å². The first kappa shape index (κ1) is 14.3. The molecular weight excluding hydrogens is 249 g/mol. The Kier molecular flexibility index (Phi) is 4.96. The molecule has 0 heterocycles. The van der Waals surface area contributed by atoms with Crippen molar-refractivity contribution in [2.24, 2.45) is 5.73 Å². The number of primary amides is 1. The van der Waals surface area contributed by atoms with E-state index >= 15 is 0 Å². The zero-order valence-electron chi connectivity index (χ0n) is 9.46. The van der Waals surface area contributed by atoms with Gasteiger partial charge in [-0.15, -0.1) is 0 Å². The molecule has 1 aromatic carbocycles. The Balaban J connectivity index is 2.31. The quantitative estimate of drug-likeness (QED) is 0.768. The van der Waals surface area contributed by atoms with E-state index in [2.05, 4.69) is 10.1 Å². The fraction of sp³-hybridized carbons (Fsp3) is 0.364. The number of nitrogens with two attached hydrogens (primary N) is 1. The molecule has 0 aromatic heterocycles. The van der Waals surface area contributed by atoms with E-state index in [4.69, 9.17) is 5.73 Å². The zero-order valence-corrected chi connectivity index (χ0v) is 9.46. The molecule has 1 aromatic rings. The molecule has 0 fully saturated rings. The summed E-state index contributed by atoms with van der Waals surface area (Å²) in [4.78, 5) is 10.9. The van der Waals surface area contributed by atoms with Crippen LogP contribution in [0.15, 0.2) is 24.3 Å². The van der Waals surface area contributed by atoms with E-state index in [1.54, 1.807) is 18.2 Å². The molecule has 0 atom stereocenters. The molecule has 18 heavy (non-hydrogen) atoms. The number of anilines is 1. The van der Waals surface area contributed by atoms with Gasteiger partial charge in [0.1, 0.15) is 6.61 Å². The second kappa shape index (κ2) is 6.25. The van der Waals surface area contributed by atoms with Gasteiger partial charge in [-0.05, 0) is 18.2 Å². The van der Waals surface area contributed by atoms with Gasteiger partial charge in [0.25, 0.3) is 0 Å². The number of carbonyl (C=O) groups excluding carboxylic acids is 1. The van der Waals surface area contributed by atoms with Gasteiger partial charge in [-0.3, -0.25) is 4.79 Å². The Bertz CT molecular complexity index is 408.